The van der Waals surface area contributed by atoms with Gasteiger partial charge in [0.25, 0.3) is 10.0 Å². The van der Waals surface area contributed by atoms with E-state index in [2.05, 4.69) is 20.7 Å². The number of rotatable bonds is 3. The molecule has 2 rings (SSSR count). The Kier molecular flexibility index (Phi) is 3.82. The van der Waals surface area contributed by atoms with Crippen molar-refractivity contribution >= 4 is 31.6 Å². The van der Waals surface area contributed by atoms with Crippen molar-refractivity contribution in [3.63, 3.8) is 0 Å². The fourth-order valence-electron chi connectivity index (χ4n) is 1.51. The van der Waals surface area contributed by atoms with Crippen LogP contribution in [-0.4, -0.2) is 13.5 Å². The maximum Gasteiger partial charge on any atom is 0.261 e. The summed E-state index contributed by atoms with van der Waals surface area (Å²) in [4.78, 5) is 0.181. The van der Waals surface area contributed by atoms with Crippen molar-refractivity contribution in [2.45, 2.75) is 11.8 Å². The zero-order chi connectivity index (χ0) is 14.0. The van der Waals surface area contributed by atoms with Crippen molar-refractivity contribution in [2.75, 3.05) is 4.72 Å². The summed E-state index contributed by atoms with van der Waals surface area (Å²) in [6.45, 7) is 1.89. The molecule has 0 aliphatic rings. The van der Waals surface area contributed by atoms with Gasteiger partial charge < -0.3 is 5.11 Å². The Morgan fingerprint density at radius 1 is 1.11 bits per heavy atom. The molecule has 0 aliphatic carbocycles. The van der Waals surface area contributed by atoms with Crippen molar-refractivity contribution in [1.82, 2.24) is 0 Å². The Morgan fingerprint density at radius 2 is 1.74 bits per heavy atom. The van der Waals surface area contributed by atoms with Crippen LogP contribution in [0.2, 0.25) is 0 Å². The summed E-state index contributed by atoms with van der Waals surface area (Å²) < 4.78 is 27.1. The number of anilines is 1. The maximum atomic E-state index is 12.1. The number of nitrogens with one attached hydrogen (secondary N) is 1. The molecule has 0 fully saturated rings. The summed E-state index contributed by atoms with van der Waals surface area (Å²) in [5.74, 6) is -0.0240. The number of sulfonamides is 1. The van der Waals surface area contributed by atoms with Crippen molar-refractivity contribution < 1.29 is 13.5 Å². The highest BCUT2D eigenvalue weighted by Crippen LogP contribution is 2.27. The van der Waals surface area contributed by atoms with E-state index in [4.69, 9.17) is 0 Å². The van der Waals surface area contributed by atoms with Crippen molar-refractivity contribution in [3.8, 4) is 5.75 Å². The van der Waals surface area contributed by atoms with Gasteiger partial charge in [-0.25, -0.2) is 8.42 Å². The minimum Gasteiger partial charge on any atom is -0.507 e. The predicted molar refractivity (Wildman–Crippen MR) is 77.8 cm³/mol. The summed E-state index contributed by atoms with van der Waals surface area (Å²) in [6.07, 6.45) is 0. The quantitative estimate of drug-likeness (QED) is 0.900. The smallest absolute Gasteiger partial charge is 0.261 e. The highest BCUT2D eigenvalue weighted by Gasteiger charge is 2.14. The lowest BCUT2D eigenvalue weighted by Crippen LogP contribution is -2.12. The largest absolute Gasteiger partial charge is 0.507 e. The molecular weight excluding hydrogens is 330 g/mol. The van der Waals surface area contributed by atoms with Gasteiger partial charge in [-0.15, -0.1) is 0 Å². The summed E-state index contributed by atoms with van der Waals surface area (Å²) in [5.41, 5.74) is 1.29. The van der Waals surface area contributed by atoms with E-state index in [1.54, 1.807) is 24.3 Å². The zero-order valence-corrected chi connectivity index (χ0v) is 12.5. The zero-order valence-electron chi connectivity index (χ0n) is 10.1. The van der Waals surface area contributed by atoms with Gasteiger partial charge in [0.15, 0.2) is 0 Å². The van der Waals surface area contributed by atoms with Gasteiger partial charge >= 0.3 is 0 Å². The van der Waals surface area contributed by atoms with Gasteiger partial charge in [0.1, 0.15) is 5.75 Å². The molecule has 0 aromatic heterocycles. The van der Waals surface area contributed by atoms with Gasteiger partial charge in [-0.1, -0.05) is 17.7 Å². The Morgan fingerprint density at radius 3 is 2.32 bits per heavy atom. The van der Waals surface area contributed by atoms with Crippen LogP contribution in [0.15, 0.2) is 51.8 Å². The molecule has 0 radical (unpaired) electrons. The first-order chi connectivity index (χ1) is 8.88. The van der Waals surface area contributed by atoms with Crippen LogP contribution in [0.3, 0.4) is 0 Å². The van der Waals surface area contributed by atoms with Gasteiger partial charge in [-0.2, -0.15) is 0 Å². The van der Waals surface area contributed by atoms with Gasteiger partial charge in [0, 0.05) is 6.07 Å². The highest BCUT2D eigenvalue weighted by molar-refractivity contribution is 9.10. The number of halogens is 1. The van der Waals surface area contributed by atoms with E-state index in [9.17, 15) is 13.5 Å². The molecule has 0 spiro atoms. The first-order valence-electron chi connectivity index (χ1n) is 5.46. The number of aryl methyl sites for hydroxylation is 1. The van der Waals surface area contributed by atoms with Crippen LogP contribution in [0.1, 0.15) is 5.56 Å². The molecule has 0 bridgehead atoms. The lowest BCUT2D eigenvalue weighted by atomic mass is 10.2. The topological polar surface area (TPSA) is 66.4 Å². The third kappa shape index (κ3) is 3.27. The van der Waals surface area contributed by atoms with E-state index in [1.807, 2.05) is 6.92 Å². The second-order valence-corrected chi connectivity index (χ2v) is 6.62. The average Bonchev–Trinajstić information content (AvgIpc) is 2.34. The van der Waals surface area contributed by atoms with Crippen LogP contribution in [0.25, 0.3) is 0 Å². The average molecular weight is 342 g/mol. The lowest BCUT2D eigenvalue weighted by Gasteiger charge is -2.09. The fraction of sp³-hybridized carbons (Fsp3) is 0.0769. The molecule has 0 amide bonds. The molecule has 0 atom stereocenters. The van der Waals surface area contributed by atoms with Crippen LogP contribution in [0, 0.1) is 6.92 Å². The lowest BCUT2D eigenvalue weighted by molar-refractivity contribution is 0.472. The second-order valence-electron chi connectivity index (χ2n) is 4.08. The molecule has 2 N–H and O–H groups in total. The standard InChI is InChI=1S/C13H12BrNO3S/c1-9-2-5-11(6-3-9)19(17,18)15-10-4-7-12(14)13(16)8-10/h2-8,15-16H,1H3. The summed E-state index contributed by atoms with van der Waals surface area (Å²) in [7, 11) is -3.64. The normalized spacial score (nSPS) is 11.3. The van der Waals surface area contributed by atoms with Crippen molar-refractivity contribution in [2.24, 2.45) is 0 Å². The number of phenolic OH excluding ortho intramolecular Hbond substituents is 1. The van der Waals surface area contributed by atoms with Crippen LogP contribution >= 0.6 is 15.9 Å². The van der Waals surface area contributed by atoms with Crippen molar-refractivity contribution in [1.29, 1.82) is 0 Å². The first-order valence-corrected chi connectivity index (χ1v) is 7.74. The third-order valence-electron chi connectivity index (χ3n) is 2.53. The number of aromatic hydroxyl groups is 1. The molecule has 0 aliphatic heterocycles. The van der Waals surface area contributed by atoms with Crippen LogP contribution in [0.5, 0.6) is 5.75 Å². The van der Waals surface area contributed by atoms with E-state index in [0.717, 1.165) is 5.56 Å². The number of phenols is 1. The molecule has 4 nitrogen and oxygen atoms in total. The molecule has 100 valence electrons. The Hall–Kier alpha value is -1.53. The highest BCUT2D eigenvalue weighted by atomic mass is 79.9. The Labute approximate surface area is 120 Å². The molecule has 2 aromatic carbocycles. The SMILES string of the molecule is Cc1ccc(S(=O)(=O)Nc2ccc(Br)c(O)c2)cc1. The maximum absolute atomic E-state index is 12.1. The predicted octanol–water partition coefficient (Wildman–Crippen LogP) is 3.26. The van der Waals surface area contributed by atoms with Crippen LogP contribution in [-0.2, 0) is 10.0 Å². The van der Waals surface area contributed by atoms with Gasteiger partial charge in [0.2, 0.25) is 0 Å². The molecular formula is C13H12BrNO3S. The van der Waals surface area contributed by atoms with E-state index in [0.29, 0.717) is 10.2 Å². The summed E-state index contributed by atoms with van der Waals surface area (Å²) in [6, 6.07) is 11.0. The van der Waals surface area contributed by atoms with E-state index >= 15 is 0 Å². The van der Waals surface area contributed by atoms with E-state index in [-0.39, 0.29) is 10.6 Å². The van der Waals surface area contributed by atoms with E-state index < -0.39 is 10.0 Å². The van der Waals surface area contributed by atoms with Crippen molar-refractivity contribution in [3.05, 3.63) is 52.5 Å². The minimum absolute atomic E-state index is 0.0240. The Bertz CT molecular complexity index is 696. The molecule has 0 saturated heterocycles. The number of benzene rings is 2. The molecule has 6 heteroatoms. The summed E-state index contributed by atoms with van der Waals surface area (Å²) >= 11 is 3.13. The monoisotopic (exact) mass is 341 g/mol. The molecule has 19 heavy (non-hydrogen) atoms. The van der Waals surface area contributed by atoms with Crippen LogP contribution < -0.4 is 4.72 Å². The molecule has 0 saturated carbocycles. The van der Waals surface area contributed by atoms with Crippen LogP contribution in [0.4, 0.5) is 5.69 Å². The molecule has 2 aromatic rings. The first kappa shape index (κ1) is 13.9. The third-order valence-corrected chi connectivity index (χ3v) is 4.60. The van der Waals surface area contributed by atoms with Gasteiger partial charge in [-0.05, 0) is 47.1 Å². The summed E-state index contributed by atoms with van der Waals surface area (Å²) in [5, 5.41) is 9.52. The molecule has 0 unspecified atom stereocenters. The fourth-order valence-corrected chi connectivity index (χ4v) is 2.80. The second kappa shape index (κ2) is 5.22. The number of hydrogen-bond donors (Lipinski definition) is 2. The minimum atomic E-state index is -3.64. The van der Waals surface area contributed by atoms with Gasteiger partial charge in [-0.3, -0.25) is 4.72 Å². The van der Waals surface area contributed by atoms with E-state index in [1.165, 1.54) is 18.2 Å². The molecule has 0 heterocycles. The Balaban J connectivity index is 2.30. The number of hydrogen-bond acceptors (Lipinski definition) is 3. The van der Waals surface area contributed by atoms with Gasteiger partial charge in [0.05, 0.1) is 15.1 Å².